The highest BCUT2D eigenvalue weighted by Gasteiger charge is 2.16. The molecular formula is C10H23N. The molecule has 3 unspecified atom stereocenters. The molecule has 0 aromatic rings. The highest BCUT2D eigenvalue weighted by atomic mass is 14.6. The topological polar surface area (TPSA) is 26.0 Å². The maximum atomic E-state index is 6.00. The molecule has 0 aromatic carbocycles. The maximum Gasteiger partial charge on any atom is 0.00669 e. The van der Waals surface area contributed by atoms with E-state index in [1.165, 1.54) is 19.3 Å². The van der Waals surface area contributed by atoms with E-state index in [0.29, 0.717) is 12.0 Å². The molecule has 3 atom stereocenters. The molecule has 0 saturated heterocycles. The highest BCUT2D eigenvalue weighted by Crippen LogP contribution is 2.19. The van der Waals surface area contributed by atoms with Crippen molar-refractivity contribution in [3.63, 3.8) is 0 Å². The van der Waals surface area contributed by atoms with Crippen molar-refractivity contribution < 1.29 is 0 Å². The van der Waals surface area contributed by atoms with Crippen LogP contribution < -0.4 is 5.73 Å². The van der Waals surface area contributed by atoms with Gasteiger partial charge in [0.05, 0.1) is 0 Å². The van der Waals surface area contributed by atoms with Gasteiger partial charge in [0, 0.05) is 6.04 Å². The lowest BCUT2D eigenvalue weighted by molar-refractivity contribution is 0.304. The molecule has 0 aliphatic heterocycles. The lowest BCUT2D eigenvalue weighted by Crippen LogP contribution is -2.31. The highest BCUT2D eigenvalue weighted by molar-refractivity contribution is 4.72. The Morgan fingerprint density at radius 3 is 2.09 bits per heavy atom. The Bertz CT molecular complexity index is 90.9. The summed E-state index contributed by atoms with van der Waals surface area (Å²) in [5, 5.41) is 0. The minimum Gasteiger partial charge on any atom is -0.327 e. The van der Waals surface area contributed by atoms with Crippen LogP contribution in [-0.4, -0.2) is 6.04 Å². The first-order chi connectivity index (χ1) is 5.13. The Morgan fingerprint density at radius 1 is 1.18 bits per heavy atom. The van der Waals surface area contributed by atoms with Crippen molar-refractivity contribution in [2.24, 2.45) is 17.6 Å². The van der Waals surface area contributed by atoms with Gasteiger partial charge in [0.15, 0.2) is 0 Å². The fourth-order valence-electron chi connectivity index (χ4n) is 1.39. The average molecular weight is 157 g/mol. The van der Waals surface area contributed by atoms with Crippen molar-refractivity contribution in [2.75, 3.05) is 0 Å². The Morgan fingerprint density at radius 2 is 1.73 bits per heavy atom. The number of rotatable bonds is 5. The summed E-state index contributed by atoms with van der Waals surface area (Å²) in [7, 11) is 0. The lowest BCUT2D eigenvalue weighted by atomic mass is 9.86. The summed E-state index contributed by atoms with van der Waals surface area (Å²) in [5.41, 5.74) is 6.00. The number of hydrogen-bond acceptors (Lipinski definition) is 1. The molecule has 0 saturated carbocycles. The first-order valence-electron chi connectivity index (χ1n) is 4.89. The maximum absolute atomic E-state index is 6.00. The second-order valence-electron chi connectivity index (χ2n) is 3.70. The SMILES string of the molecule is CCCC(N)C(C)C(C)CC. The van der Waals surface area contributed by atoms with Gasteiger partial charge in [-0.15, -0.1) is 0 Å². The van der Waals surface area contributed by atoms with E-state index in [-0.39, 0.29) is 0 Å². The summed E-state index contributed by atoms with van der Waals surface area (Å²) in [4.78, 5) is 0. The van der Waals surface area contributed by atoms with E-state index in [9.17, 15) is 0 Å². The summed E-state index contributed by atoms with van der Waals surface area (Å²) in [5.74, 6) is 1.46. The van der Waals surface area contributed by atoms with Gasteiger partial charge in [0.1, 0.15) is 0 Å². The first kappa shape index (κ1) is 11.0. The Labute approximate surface area is 71.4 Å². The largest absolute Gasteiger partial charge is 0.327 e. The molecule has 0 bridgehead atoms. The van der Waals surface area contributed by atoms with Crippen LogP contribution in [-0.2, 0) is 0 Å². The number of hydrogen-bond donors (Lipinski definition) is 1. The van der Waals surface area contributed by atoms with Gasteiger partial charge in [-0.1, -0.05) is 40.5 Å². The summed E-state index contributed by atoms with van der Waals surface area (Å²) < 4.78 is 0. The zero-order valence-electron chi connectivity index (χ0n) is 8.43. The first-order valence-corrected chi connectivity index (χ1v) is 4.89. The van der Waals surface area contributed by atoms with Gasteiger partial charge < -0.3 is 5.73 Å². The lowest BCUT2D eigenvalue weighted by Gasteiger charge is -2.24. The fraction of sp³-hybridized carbons (Fsp3) is 1.00. The second-order valence-corrected chi connectivity index (χ2v) is 3.70. The van der Waals surface area contributed by atoms with Crippen LogP contribution in [0.2, 0.25) is 0 Å². The standard InChI is InChI=1S/C10H23N/c1-5-7-10(11)9(4)8(3)6-2/h8-10H,5-7,11H2,1-4H3. The van der Waals surface area contributed by atoms with E-state index >= 15 is 0 Å². The van der Waals surface area contributed by atoms with Crippen LogP contribution in [0.5, 0.6) is 0 Å². The normalized spacial score (nSPS) is 19.4. The predicted octanol–water partition coefficient (Wildman–Crippen LogP) is 2.80. The second kappa shape index (κ2) is 5.59. The summed E-state index contributed by atoms with van der Waals surface area (Å²) in [6.07, 6.45) is 3.63. The molecule has 0 rings (SSSR count). The van der Waals surface area contributed by atoms with Crippen LogP contribution in [0.4, 0.5) is 0 Å². The zero-order valence-corrected chi connectivity index (χ0v) is 8.43. The molecule has 0 aliphatic rings. The van der Waals surface area contributed by atoms with Gasteiger partial charge in [-0.2, -0.15) is 0 Å². The van der Waals surface area contributed by atoms with Gasteiger partial charge in [0.25, 0.3) is 0 Å². The van der Waals surface area contributed by atoms with Crippen LogP contribution in [0, 0.1) is 11.8 Å². The monoisotopic (exact) mass is 157 g/mol. The van der Waals surface area contributed by atoms with Gasteiger partial charge in [-0.3, -0.25) is 0 Å². The van der Waals surface area contributed by atoms with E-state index < -0.39 is 0 Å². The van der Waals surface area contributed by atoms with E-state index in [1.807, 2.05) is 0 Å². The summed E-state index contributed by atoms with van der Waals surface area (Å²) >= 11 is 0. The molecule has 0 radical (unpaired) electrons. The van der Waals surface area contributed by atoms with Crippen LogP contribution in [0.3, 0.4) is 0 Å². The molecule has 0 aliphatic carbocycles. The van der Waals surface area contributed by atoms with Crippen molar-refractivity contribution in [2.45, 2.75) is 53.0 Å². The quantitative estimate of drug-likeness (QED) is 0.652. The van der Waals surface area contributed by atoms with Crippen molar-refractivity contribution in [3.8, 4) is 0 Å². The van der Waals surface area contributed by atoms with E-state index in [2.05, 4.69) is 27.7 Å². The molecule has 0 aromatic heterocycles. The van der Waals surface area contributed by atoms with Gasteiger partial charge >= 0.3 is 0 Å². The van der Waals surface area contributed by atoms with Gasteiger partial charge in [-0.25, -0.2) is 0 Å². The summed E-state index contributed by atoms with van der Waals surface area (Å²) in [6, 6.07) is 0.412. The molecule has 1 heteroatoms. The third kappa shape index (κ3) is 3.76. The molecule has 2 N–H and O–H groups in total. The molecule has 1 nitrogen and oxygen atoms in total. The molecule has 0 fully saturated rings. The molecule has 0 spiro atoms. The Kier molecular flexibility index (Phi) is 5.57. The molecule has 0 heterocycles. The van der Waals surface area contributed by atoms with Crippen molar-refractivity contribution in [1.29, 1.82) is 0 Å². The zero-order chi connectivity index (χ0) is 8.85. The van der Waals surface area contributed by atoms with Gasteiger partial charge in [0.2, 0.25) is 0 Å². The van der Waals surface area contributed by atoms with Crippen LogP contribution in [0.25, 0.3) is 0 Å². The van der Waals surface area contributed by atoms with E-state index in [4.69, 9.17) is 5.73 Å². The smallest absolute Gasteiger partial charge is 0.00669 e. The minimum atomic E-state index is 0.412. The average Bonchev–Trinajstić information content (AvgIpc) is 2.02. The van der Waals surface area contributed by atoms with Crippen molar-refractivity contribution >= 4 is 0 Å². The van der Waals surface area contributed by atoms with E-state index in [1.54, 1.807) is 0 Å². The molecular weight excluding hydrogens is 134 g/mol. The van der Waals surface area contributed by atoms with Gasteiger partial charge in [-0.05, 0) is 18.3 Å². The van der Waals surface area contributed by atoms with E-state index in [0.717, 1.165) is 5.92 Å². The number of nitrogens with two attached hydrogens (primary N) is 1. The predicted molar refractivity (Wildman–Crippen MR) is 51.5 cm³/mol. The van der Waals surface area contributed by atoms with Crippen LogP contribution in [0.15, 0.2) is 0 Å². The molecule has 0 amide bonds. The van der Waals surface area contributed by atoms with Crippen molar-refractivity contribution in [3.05, 3.63) is 0 Å². The summed E-state index contributed by atoms with van der Waals surface area (Å²) in [6.45, 7) is 9.00. The molecule has 11 heavy (non-hydrogen) atoms. The Balaban J connectivity index is 3.70. The van der Waals surface area contributed by atoms with Crippen LogP contribution in [0.1, 0.15) is 47.0 Å². The minimum absolute atomic E-state index is 0.412. The molecule has 68 valence electrons. The third-order valence-corrected chi connectivity index (χ3v) is 2.84. The Hall–Kier alpha value is -0.0400. The van der Waals surface area contributed by atoms with Crippen molar-refractivity contribution in [1.82, 2.24) is 0 Å². The fourth-order valence-corrected chi connectivity index (χ4v) is 1.39. The van der Waals surface area contributed by atoms with Crippen LogP contribution >= 0.6 is 0 Å². The third-order valence-electron chi connectivity index (χ3n) is 2.84.